The third-order valence-corrected chi connectivity index (χ3v) is 4.01. The number of non-ortho nitro benzene ring substituents is 1. The number of hydrogen-bond acceptors (Lipinski definition) is 7. The maximum Gasteiger partial charge on any atom is 0.360 e. The summed E-state index contributed by atoms with van der Waals surface area (Å²) < 4.78 is 3.42. The van der Waals surface area contributed by atoms with Crippen molar-refractivity contribution in [3.63, 3.8) is 0 Å². The van der Waals surface area contributed by atoms with Crippen molar-refractivity contribution in [1.29, 1.82) is 0 Å². The number of nitro groups is 2. The number of rotatable bonds is 5. The van der Waals surface area contributed by atoms with Gasteiger partial charge in [0, 0.05) is 6.07 Å². The second kappa shape index (κ2) is 7.85. The predicted octanol–water partition coefficient (Wildman–Crippen LogP) is 4.35. The number of imidazole rings is 1. The Kier molecular flexibility index (Phi) is 6.15. The highest BCUT2D eigenvalue weighted by Gasteiger charge is 2.37. The third kappa shape index (κ3) is 4.24. The molecule has 0 N–H and O–H groups in total. The van der Waals surface area contributed by atoms with Gasteiger partial charge in [-0.05, 0) is 13.0 Å². The summed E-state index contributed by atoms with van der Waals surface area (Å²) >= 11 is 23.7. The summed E-state index contributed by atoms with van der Waals surface area (Å²) in [6.45, 7) is 1.54. The first kappa shape index (κ1) is 21.2. The Labute approximate surface area is 170 Å². The lowest BCUT2D eigenvalue weighted by Gasteiger charge is -2.14. The smallest absolute Gasteiger partial charge is 0.360 e. The van der Waals surface area contributed by atoms with Gasteiger partial charge in [0.1, 0.15) is 10.8 Å². The van der Waals surface area contributed by atoms with Gasteiger partial charge in [0.05, 0.1) is 22.5 Å². The van der Waals surface area contributed by atoms with Crippen molar-refractivity contribution in [2.45, 2.75) is 10.7 Å². The molecule has 14 heteroatoms. The van der Waals surface area contributed by atoms with Gasteiger partial charge in [-0.25, -0.2) is 9.78 Å². The molecule has 144 valence electrons. The van der Waals surface area contributed by atoms with Crippen LogP contribution in [0.3, 0.4) is 0 Å². The lowest BCUT2D eigenvalue weighted by Crippen LogP contribution is -2.12. The van der Waals surface area contributed by atoms with Gasteiger partial charge >= 0.3 is 5.97 Å². The fourth-order valence-electron chi connectivity index (χ4n) is 2.10. The molecule has 0 bridgehead atoms. The molecule has 0 saturated carbocycles. The van der Waals surface area contributed by atoms with Gasteiger partial charge in [0.15, 0.2) is 11.5 Å². The number of alkyl halides is 3. The SMILES string of the molecule is CCOC(=O)c1nc(C(Cl)(Cl)Cl)n(-c2ccc([N+](=O)[O-])cc2[N+](=O)[O-])c1Cl. The molecular formula is C13H8Cl4N4O6. The van der Waals surface area contributed by atoms with Crippen LogP contribution in [0.5, 0.6) is 0 Å². The van der Waals surface area contributed by atoms with Gasteiger partial charge < -0.3 is 4.74 Å². The molecule has 10 nitrogen and oxygen atoms in total. The first-order chi connectivity index (χ1) is 12.5. The summed E-state index contributed by atoms with van der Waals surface area (Å²) in [6, 6.07) is 2.72. The molecule has 0 aliphatic carbocycles. The Morgan fingerprint density at radius 1 is 1.26 bits per heavy atom. The average Bonchev–Trinajstić information content (AvgIpc) is 2.91. The number of benzene rings is 1. The topological polar surface area (TPSA) is 130 Å². The molecule has 1 heterocycles. The minimum atomic E-state index is -2.23. The number of ether oxygens (including phenoxy) is 1. The Hall–Kier alpha value is -2.14. The molecule has 2 aromatic rings. The van der Waals surface area contributed by atoms with Gasteiger partial charge in [0.2, 0.25) is 3.79 Å². The van der Waals surface area contributed by atoms with Crippen molar-refractivity contribution in [2.75, 3.05) is 6.61 Å². The van der Waals surface area contributed by atoms with Crippen LogP contribution in [-0.2, 0) is 8.53 Å². The maximum absolute atomic E-state index is 12.0. The van der Waals surface area contributed by atoms with Gasteiger partial charge in [-0.2, -0.15) is 0 Å². The summed E-state index contributed by atoms with van der Waals surface area (Å²) in [5.41, 5.74) is -1.98. The molecule has 0 amide bonds. The Balaban J connectivity index is 2.83. The molecule has 1 aromatic carbocycles. The Morgan fingerprint density at radius 2 is 1.89 bits per heavy atom. The van der Waals surface area contributed by atoms with E-state index < -0.39 is 47.7 Å². The number of aromatic nitrogens is 2. The van der Waals surface area contributed by atoms with E-state index in [9.17, 15) is 25.0 Å². The molecule has 0 radical (unpaired) electrons. The van der Waals surface area contributed by atoms with Crippen LogP contribution in [0.1, 0.15) is 23.2 Å². The zero-order valence-corrected chi connectivity index (χ0v) is 16.2. The normalized spacial score (nSPS) is 11.3. The van der Waals surface area contributed by atoms with E-state index in [1.807, 2.05) is 0 Å². The summed E-state index contributed by atoms with van der Waals surface area (Å²) in [6.07, 6.45) is 0. The second-order valence-corrected chi connectivity index (χ2v) is 7.45. The van der Waals surface area contributed by atoms with Crippen LogP contribution in [0, 0.1) is 20.2 Å². The van der Waals surface area contributed by atoms with Gasteiger partial charge in [0.25, 0.3) is 11.4 Å². The monoisotopic (exact) mass is 456 g/mol. The number of nitrogens with zero attached hydrogens (tertiary/aromatic N) is 4. The van der Waals surface area contributed by atoms with Crippen LogP contribution in [0.15, 0.2) is 18.2 Å². The van der Waals surface area contributed by atoms with E-state index in [-0.39, 0.29) is 12.3 Å². The molecule has 1 aromatic heterocycles. The number of hydrogen-bond donors (Lipinski definition) is 0. The first-order valence-electron chi connectivity index (χ1n) is 6.94. The summed E-state index contributed by atoms with van der Waals surface area (Å²) in [5, 5.41) is 21.9. The van der Waals surface area contributed by atoms with Crippen LogP contribution in [-0.4, -0.2) is 32.0 Å². The molecule has 0 fully saturated rings. The van der Waals surface area contributed by atoms with Crippen molar-refractivity contribution in [3.05, 3.63) is 55.1 Å². The molecule has 0 atom stereocenters. The molecule has 2 rings (SSSR count). The van der Waals surface area contributed by atoms with Crippen LogP contribution in [0.25, 0.3) is 5.69 Å². The van der Waals surface area contributed by atoms with Crippen molar-refractivity contribution < 1.29 is 19.4 Å². The largest absolute Gasteiger partial charge is 0.461 e. The average molecular weight is 458 g/mol. The van der Waals surface area contributed by atoms with E-state index in [1.165, 1.54) is 0 Å². The number of nitro benzene ring substituents is 2. The highest BCUT2D eigenvalue weighted by atomic mass is 35.6. The molecule has 0 aliphatic heterocycles. The van der Waals surface area contributed by atoms with Crippen molar-refractivity contribution in [1.82, 2.24) is 9.55 Å². The molecule has 0 saturated heterocycles. The molecule has 0 spiro atoms. The number of carbonyl (C=O) groups is 1. The van der Waals surface area contributed by atoms with E-state index in [1.54, 1.807) is 6.92 Å². The lowest BCUT2D eigenvalue weighted by atomic mass is 10.2. The van der Waals surface area contributed by atoms with Crippen molar-refractivity contribution >= 4 is 63.7 Å². The predicted molar refractivity (Wildman–Crippen MR) is 97.1 cm³/mol. The maximum atomic E-state index is 12.0. The van der Waals surface area contributed by atoms with E-state index in [0.717, 1.165) is 16.7 Å². The fraction of sp³-hybridized carbons (Fsp3) is 0.231. The highest BCUT2D eigenvalue weighted by Crippen LogP contribution is 2.42. The van der Waals surface area contributed by atoms with Crippen molar-refractivity contribution in [3.8, 4) is 5.69 Å². The minimum absolute atomic E-state index is 0.00278. The van der Waals surface area contributed by atoms with Crippen LogP contribution in [0.2, 0.25) is 5.15 Å². The Bertz CT molecular complexity index is 940. The fourth-order valence-corrected chi connectivity index (χ4v) is 2.77. The van der Waals surface area contributed by atoms with Crippen LogP contribution in [0.4, 0.5) is 11.4 Å². The minimum Gasteiger partial charge on any atom is -0.461 e. The summed E-state index contributed by atoms with van der Waals surface area (Å²) in [4.78, 5) is 36.5. The number of esters is 1. The lowest BCUT2D eigenvalue weighted by molar-refractivity contribution is -0.394. The molecule has 0 unspecified atom stereocenters. The number of halogens is 4. The van der Waals surface area contributed by atoms with E-state index in [4.69, 9.17) is 51.1 Å². The quantitative estimate of drug-likeness (QED) is 0.282. The standard InChI is InChI=1S/C13H8Cl4N4O6/c1-2-27-11(22)9-10(14)19(12(18-9)13(15,16)17)7-4-3-6(20(23)24)5-8(7)21(25)26/h3-5H,2H2,1H3. The van der Waals surface area contributed by atoms with E-state index >= 15 is 0 Å². The molecule has 0 aliphatic rings. The first-order valence-corrected chi connectivity index (χ1v) is 8.46. The Morgan fingerprint density at radius 3 is 2.37 bits per heavy atom. The van der Waals surface area contributed by atoms with E-state index in [2.05, 4.69) is 4.98 Å². The number of carbonyl (C=O) groups excluding carboxylic acids is 1. The van der Waals surface area contributed by atoms with Gasteiger partial charge in [-0.15, -0.1) is 0 Å². The second-order valence-electron chi connectivity index (χ2n) is 4.82. The summed E-state index contributed by atoms with van der Waals surface area (Å²) in [7, 11) is 0. The summed E-state index contributed by atoms with van der Waals surface area (Å²) in [5.74, 6) is -1.38. The molecule has 27 heavy (non-hydrogen) atoms. The zero-order chi connectivity index (χ0) is 20.5. The van der Waals surface area contributed by atoms with Crippen molar-refractivity contribution in [2.24, 2.45) is 0 Å². The van der Waals surface area contributed by atoms with Crippen LogP contribution >= 0.6 is 46.4 Å². The van der Waals surface area contributed by atoms with E-state index in [0.29, 0.717) is 6.07 Å². The third-order valence-electron chi connectivity index (χ3n) is 3.15. The zero-order valence-electron chi connectivity index (χ0n) is 13.2. The highest BCUT2D eigenvalue weighted by molar-refractivity contribution is 6.66. The molecular weight excluding hydrogens is 450 g/mol. The van der Waals surface area contributed by atoms with Gasteiger partial charge in [-0.3, -0.25) is 24.8 Å². The van der Waals surface area contributed by atoms with Gasteiger partial charge in [-0.1, -0.05) is 46.4 Å². The van der Waals surface area contributed by atoms with Crippen LogP contribution < -0.4 is 0 Å².